The summed E-state index contributed by atoms with van der Waals surface area (Å²) in [6, 6.07) is 7.70. The highest BCUT2D eigenvalue weighted by atomic mass is 16.4. The summed E-state index contributed by atoms with van der Waals surface area (Å²) >= 11 is 0. The van der Waals surface area contributed by atoms with Gasteiger partial charge in [0.05, 0.1) is 11.3 Å². The molecule has 0 spiro atoms. The number of carbonyl (C=O) groups is 1. The summed E-state index contributed by atoms with van der Waals surface area (Å²) in [4.78, 5) is 13.1. The van der Waals surface area contributed by atoms with Crippen molar-refractivity contribution in [3.05, 3.63) is 35.9 Å². The molecule has 2 aromatic carbocycles. The minimum atomic E-state index is -1.42. The molecule has 0 amide bonds. The monoisotopic (exact) mass is 317 g/mol. The van der Waals surface area contributed by atoms with Crippen molar-refractivity contribution in [3.8, 4) is 17.2 Å². The van der Waals surface area contributed by atoms with Gasteiger partial charge in [0.1, 0.15) is 5.69 Å². The quantitative estimate of drug-likeness (QED) is 0.507. The van der Waals surface area contributed by atoms with Gasteiger partial charge in [-0.3, -0.25) is 0 Å². The van der Waals surface area contributed by atoms with Crippen molar-refractivity contribution < 1.29 is 25.2 Å². The molecule has 0 aliphatic heterocycles. The van der Waals surface area contributed by atoms with Crippen LogP contribution in [0.25, 0.3) is 0 Å². The molecule has 2 rings (SSSR count). The topological polar surface area (TPSA) is 126 Å². The lowest BCUT2D eigenvalue weighted by atomic mass is 10.1. The molecule has 4 N–H and O–H groups in total. The van der Waals surface area contributed by atoms with Gasteiger partial charge in [0.15, 0.2) is 11.5 Å². The molecular formula is C15H15N3O5. The Morgan fingerprint density at radius 3 is 2.13 bits per heavy atom. The Labute approximate surface area is 131 Å². The van der Waals surface area contributed by atoms with Crippen LogP contribution in [0.3, 0.4) is 0 Å². The van der Waals surface area contributed by atoms with Gasteiger partial charge in [0.2, 0.25) is 5.75 Å². The maximum atomic E-state index is 11.2. The van der Waals surface area contributed by atoms with Crippen LogP contribution < -0.4 is 4.90 Å². The molecule has 23 heavy (non-hydrogen) atoms. The SMILES string of the molecule is CN(C)c1ccc(N=Nc2c(C(=O)O)cc(O)c(O)c2O)cc1. The van der Waals surface area contributed by atoms with Crippen molar-refractivity contribution in [1.82, 2.24) is 0 Å². The van der Waals surface area contributed by atoms with Gasteiger partial charge in [-0.25, -0.2) is 4.79 Å². The van der Waals surface area contributed by atoms with Crippen LogP contribution in [-0.2, 0) is 0 Å². The van der Waals surface area contributed by atoms with Crippen LogP contribution in [0.4, 0.5) is 17.1 Å². The first-order valence-corrected chi connectivity index (χ1v) is 6.51. The van der Waals surface area contributed by atoms with Gasteiger partial charge >= 0.3 is 5.97 Å². The molecule has 0 unspecified atom stereocenters. The molecule has 0 aliphatic carbocycles. The second-order valence-corrected chi connectivity index (χ2v) is 4.91. The first kappa shape index (κ1) is 16.1. The molecule has 0 saturated carbocycles. The fourth-order valence-corrected chi connectivity index (χ4v) is 1.82. The number of rotatable bonds is 4. The minimum Gasteiger partial charge on any atom is -0.504 e. The van der Waals surface area contributed by atoms with Crippen LogP contribution in [0.2, 0.25) is 0 Å². The third kappa shape index (κ3) is 3.31. The zero-order valence-electron chi connectivity index (χ0n) is 12.4. The largest absolute Gasteiger partial charge is 0.504 e. The number of phenolic OH excluding ortho intramolecular Hbond substituents is 3. The highest BCUT2D eigenvalue weighted by Gasteiger charge is 2.21. The maximum Gasteiger partial charge on any atom is 0.338 e. The maximum absolute atomic E-state index is 11.2. The van der Waals surface area contributed by atoms with Crippen LogP contribution in [0.5, 0.6) is 17.2 Å². The van der Waals surface area contributed by atoms with Gasteiger partial charge in [-0.2, -0.15) is 5.11 Å². The molecule has 0 fully saturated rings. The Bertz CT molecular complexity index is 770. The standard InChI is InChI=1S/C15H15N3O5/c1-18(2)9-5-3-8(4-6-9)16-17-12-10(15(22)23)7-11(19)13(20)14(12)21/h3-7,19-21H,1-2H3,(H,22,23). The minimum absolute atomic E-state index is 0.430. The normalized spacial score (nSPS) is 10.9. The summed E-state index contributed by atoms with van der Waals surface area (Å²) < 4.78 is 0. The summed E-state index contributed by atoms with van der Waals surface area (Å²) in [5, 5.41) is 45.2. The molecule has 0 radical (unpaired) electrons. The number of carboxylic acids is 1. The van der Waals surface area contributed by atoms with E-state index in [2.05, 4.69) is 10.2 Å². The number of nitrogens with zero attached hydrogens (tertiary/aromatic N) is 3. The van der Waals surface area contributed by atoms with E-state index >= 15 is 0 Å². The number of aromatic carboxylic acids is 1. The molecule has 0 heterocycles. The van der Waals surface area contributed by atoms with E-state index in [0.29, 0.717) is 5.69 Å². The highest BCUT2D eigenvalue weighted by Crippen LogP contribution is 2.45. The number of anilines is 1. The number of hydrogen-bond donors (Lipinski definition) is 4. The fraction of sp³-hybridized carbons (Fsp3) is 0.133. The summed E-state index contributed by atoms with van der Waals surface area (Å²) in [5.74, 6) is -3.88. The second-order valence-electron chi connectivity index (χ2n) is 4.91. The molecule has 0 aliphatic rings. The predicted molar refractivity (Wildman–Crippen MR) is 83.3 cm³/mol. The van der Waals surface area contributed by atoms with Crippen LogP contribution in [0.1, 0.15) is 10.4 Å². The Kier molecular flexibility index (Phi) is 4.35. The number of aromatic hydroxyl groups is 3. The van der Waals surface area contributed by atoms with Crippen molar-refractivity contribution >= 4 is 23.0 Å². The Morgan fingerprint density at radius 2 is 1.61 bits per heavy atom. The number of carboxylic acid groups (broad SMARTS) is 1. The third-order valence-corrected chi connectivity index (χ3v) is 3.09. The van der Waals surface area contributed by atoms with E-state index in [1.807, 2.05) is 19.0 Å². The molecule has 0 bridgehead atoms. The smallest absolute Gasteiger partial charge is 0.338 e. The molecule has 2 aromatic rings. The zero-order chi connectivity index (χ0) is 17.1. The second kappa shape index (κ2) is 6.22. The van der Waals surface area contributed by atoms with E-state index in [0.717, 1.165) is 11.8 Å². The highest BCUT2D eigenvalue weighted by molar-refractivity contribution is 5.96. The van der Waals surface area contributed by atoms with E-state index in [9.17, 15) is 20.1 Å². The summed E-state index contributed by atoms with van der Waals surface area (Å²) in [6.45, 7) is 0. The first-order chi connectivity index (χ1) is 10.8. The van der Waals surface area contributed by atoms with Gasteiger partial charge in [-0.05, 0) is 24.3 Å². The Morgan fingerprint density at radius 1 is 1.00 bits per heavy atom. The first-order valence-electron chi connectivity index (χ1n) is 6.51. The molecule has 8 nitrogen and oxygen atoms in total. The molecule has 120 valence electrons. The lowest BCUT2D eigenvalue weighted by Crippen LogP contribution is -2.07. The van der Waals surface area contributed by atoms with E-state index < -0.39 is 34.5 Å². The van der Waals surface area contributed by atoms with Crippen molar-refractivity contribution in [2.45, 2.75) is 0 Å². The van der Waals surface area contributed by atoms with Crippen LogP contribution >= 0.6 is 0 Å². The van der Waals surface area contributed by atoms with Gasteiger partial charge < -0.3 is 25.3 Å². The summed E-state index contributed by atoms with van der Waals surface area (Å²) in [7, 11) is 3.76. The molecule has 0 atom stereocenters. The number of benzene rings is 2. The van der Waals surface area contributed by atoms with Gasteiger partial charge in [0, 0.05) is 25.8 Å². The van der Waals surface area contributed by atoms with Crippen molar-refractivity contribution in [2.24, 2.45) is 10.2 Å². The lowest BCUT2D eigenvalue weighted by molar-refractivity contribution is 0.0697. The lowest BCUT2D eigenvalue weighted by Gasteiger charge is -2.11. The van der Waals surface area contributed by atoms with Crippen LogP contribution in [-0.4, -0.2) is 40.5 Å². The summed E-state index contributed by atoms with van der Waals surface area (Å²) in [6.07, 6.45) is 0. The molecule has 8 heteroatoms. The van der Waals surface area contributed by atoms with Crippen LogP contribution in [0.15, 0.2) is 40.6 Å². The van der Waals surface area contributed by atoms with E-state index in [1.54, 1.807) is 24.3 Å². The van der Waals surface area contributed by atoms with E-state index in [1.165, 1.54) is 0 Å². The molecular weight excluding hydrogens is 302 g/mol. The Hall–Kier alpha value is -3.29. The third-order valence-electron chi connectivity index (χ3n) is 3.09. The Balaban J connectivity index is 2.42. The zero-order valence-corrected chi connectivity index (χ0v) is 12.4. The van der Waals surface area contributed by atoms with Gasteiger partial charge in [-0.1, -0.05) is 0 Å². The number of azo groups is 1. The number of hydrogen-bond acceptors (Lipinski definition) is 7. The van der Waals surface area contributed by atoms with Crippen LogP contribution in [0, 0.1) is 0 Å². The van der Waals surface area contributed by atoms with Crippen molar-refractivity contribution in [3.63, 3.8) is 0 Å². The average molecular weight is 317 g/mol. The molecule has 0 aromatic heterocycles. The summed E-state index contributed by atoms with van der Waals surface area (Å²) in [5.41, 5.74) is 0.454. The van der Waals surface area contributed by atoms with E-state index in [-0.39, 0.29) is 0 Å². The van der Waals surface area contributed by atoms with Crippen molar-refractivity contribution in [2.75, 3.05) is 19.0 Å². The van der Waals surface area contributed by atoms with E-state index in [4.69, 9.17) is 5.11 Å². The van der Waals surface area contributed by atoms with Gasteiger partial charge in [-0.15, -0.1) is 5.11 Å². The fourth-order valence-electron chi connectivity index (χ4n) is 1.82. The molecule has 0 saturated heterocycles. The predicted octanol–water partition coefficient (Wildman–Crippen LogP) is 2.98. The average Bonchev–Trinajstić information content (AvgIpc) is 2.51. The number of phenols is 3. The van der Waals surface area contributed by atoms with Crippen molar-refractivity contribution in [1.29, 1.82) is 0 Å². The van der Waals surface area contributed by atoms with Gasteiger partial charge in [0.25, 0.3) is 0 Å².